The van der Waals surface area contributed by atoms with Gasteiger partial charge in [0.25, 0.3) is 0 Å². The molecule has 0 aliphatic carbocycles. The zero-order valence-corrected chi connectivity index (χ0v) is 25.8. The van der Waals surface area contributed by atoms with Crippen LogP contribution < -0.4 is 9.61 Å². The molecule has 0 radical (unpaired) electrons. The van der Waals surface area contributed by atoms with Crippen LogP contribution in [0, 0.1) is 0 Å². The molecule has 2 aromatic carbocycles. The molecule has 0 aliphatic heterocycles. The lowest BCUT2D eigenvalue weighted by Crippen LogP contribution is -2.78. The quantitative estimate of drug-likeness (QED) is 0.0971. The van der Waals surface area contributed by atoms with Gasteiger partial charge in [0.2, 0.25) is 5.43 Å². The van der Waals surface area contributed by atoms with E-state index >= 15 is 0 Å². The summed E-state index contributed by atoms with van der Waals surface area (Å²) >= 11 is 0. The SMILES string of the molecule is O=c1c2ccccc2oc2c(OS(=O)(=O)C(F)(F)C(F)(F)C(F)(F)C(F)(F)C(F)(F)C(F)(F)C(F)(F)C(F)(F)C(F)(F)C(F)(F)C(F)(F)C(F)(F)F)cccc12. The van der Waals surface area contributed by atoms with Crippen LogP contribution in [-0.2, 0) is 10.1 Å². The fraction of sp³-hybridized carbons (Fsp3) is 0.480. The summed E-state index contributed by atoms with van der Waals surface area (Å²) in [4.78, 5) is 12.6. The second-order valence-corrected chi connectivity index (χ2v) is 12.4. The Hall–Kier alpha value is -4.09. The number of fused-ring (bicyclic) bond motifs is 2. The van der Waals surface area contributed by atoms with Gasteiger partial charge in [-0.25, -0.2) is 0 Å². The molecule has 3 rings (SSSR count). The first-order chi connectivity index (χ1) is 24.5. The van der Waals surface area contributed by atoms with Crippen molar-refractivity contribution in [2.45, 2.75) is 70.7 Å². The van der Waals surface area contributed by atoms with E-state index in [2.05, 4.69) is 4.18 Å². The van der Waals surface area contributed by atoms with Gasteiger partial charge in [0.05, 0.1) is 10.8 Å². The van der Waals surface area contributed by atoms with Gasteiger partial charge >= 0.3 is 80.8 Å². The van der Waals surface area contributed by atoms with Crippen molar-refractivity contribution in [3.63, 3.8) is 0 Å². The fourth-order valence-electron chi connectivity index (χ4n) is 4.13. The molecule has 0 saturated heterocycles. The largest absolute Gasteiger partial charge is 0.460 e. The van der Waals surface area contributed by atoms with Crippen LogP contribution in [0.5, 0.6) is 5.75 Å². The van der Waals surface area contributed by atoms with E-state index in [1.165, 1.54) is 0 Å². The molecule has 0 bridgehead atoms. The first kappa shape index (κ1) is 46.3. The highest BCUT2D eigenvalue weighted by Crippen LogP contribution is 2.68. The van der Waals surface area contributed by atoms with E-state index in [-0.39, 0.29) is 6.07 Å². The average Bonchev–Trinajstić information content (AvgIpc) is 3.03. The molecule has 0 atom stereocenters. The van der Waals surface area contributed by atoms with Gasteiger partial charge < -0.3 is 8.60 Å². The minimum Gasteiger partial charge on any atom is -0.452 e. The number of rotatable bonds is 13. The Balaban J connectivity index is 2.17. The van der Waals surface area contributed by atoms with E-state index in [1.807, 2.05) is 0 Å². The normalized spacial score (nSPS) is 15.8. The molecule has 0 aliphatic rings. The highest BCUT2D eigenvalue weighted by atomic mass is 32.2. The summed E-state index contributed by atoms with van der Waals surface area (Å²) in [6.45, 7) is 0. The Morgan fingerprint density at radius 3 is 1.16 bits per heavy atom. The summed E-state index contributed by atoms with van der Waals surface area (Å²) in [7, 11) is -8.27. The van der Waals surface area contributed by atoms with Crippen molar-refractivity contribution in [1.29, 1.82) is 0 Å². The van der Waals surface area contributed by atoms with Crippen LogP contribution in [0.4, 0.5) is 110 Å². The highest BCUT2D eigenvalue weighted by molar-refractivity contribution is 7.88. The topological polar surface area (TPSA) is 73.6 Å². The molecule has 0 saturated carbocycles. The maximum absolute atomic E-state index is 14.6. The fourth-order valence-corrected chi connectivity index (χ4v) is 5.04. The molecule has 318 valence electrons. The van der Waals surface area contributed by atoms with Gasteiger partial charge in [-0.05, 0) is 24.3 Å². The zero-order valence-electron chi connectivity index (χ0n) is 24.9. The number of benzene rings is 2. The van der Waals surface area contributed by atoms with Gasteiger partial charge in [0.15, 0.2) is 11.3 Å². The molecule has 0 spiro atoms. The molecule has 1 heterocycles. The van der Waals surface area contributed by atoms with E-state index in [1.54, 1.807) is 0 Å². The minimum atomic E-state index is -9.83. The van der Waals surface area contributed by atoms with Gasteiger partial charge in [-0.15, -0.1) is 0 Å². The second-order valence-electron chi connectivity index (χ2n) is 10.9. The Morgan fingerprint density at radius 2 is 0.768 bits per heavy atom. The summed E-state index contributed by atoms with van der Waals surface area (Å²) in [5, 5.41) is -9.62. The third-order valence-corrected chi connectivity index (χ3v) is 8.63. The summed E-state index contributed by atoms with van der Waals surface area (Å²) in [5.74, 6) is -96.6. The summed E-state index contributed by atoms with van der Waals surface area (Å²) in [5.41, 5.74) is -3.24. The first-order valence-electron chi connectivity index (χ1n) is 13.1. The van der Waals surface area contributed by atoms with E-state index in [0.717, 1.165) is 24.3 Å². The Morgan fingerprint density at radius 1 is 0.429 bits per heavy atom. The van der Waals surface area contributed by atoms with Gasteiger partial charge in [-0.2, -0.15) is 118 Å². The molecule has 31 heteroatoms. The smallest absolute Gasteiger partial charge is 0.452 e. The third-order valence-electron chi connectivity index (χ3n) is 7.35. The van der Waals surface area contributed by atoms with Crippen LogP contribution in [0.25, 0.3) is 21.9 Å². The molecule has 1 aromatic heterocycles. The Kier molecular flexibility index (Phi) is 10.3. The van der Waals surface area contributed by atoms with Crippen molar-refractivity contribution in [3.05, 3.63) is 52.7 Å². The molecule has 0 amide bonds. The summed E-state index contributed by atoms with van der Waals surface area (Å²) < 4.78 is 376. The standard InChI is InChI=1S/C25H7F25O5S/c26-14(27,16(30,31)18(34,35)20(38,39)22(42,43)24(46,47)48)15(28,29)17(32,33)19(36,37)21(40,41)23(44,45)25(49,50)56(52,53)55-11-7-3-5-9-12(51)8-4-1-2-6-10(8)54-13(9)11/h1-7H. The number of alkyl halides is 25. The molecule has 0 unspecified atom stereocenters. The van der Waals surface area contributed by atoms with Crippen LogP contribution in [0.2, 0.25) is 0 Å². The van der Waals surface area contributed by atoms with Crippen LogP contribution in [0.3, 0.4) is 0 Å². The maximum Gasteiger partial charge on any atom is 0.460 e. The predicted molar refractivity (Wildman–Crippen MR) is 130 cm³/mol. The van der Waals surface area contributed by atoms with Crippen molar-refractivity contribution in [2.24, 2.45) is 0 Å². The lowest BCUT2D eigenvalue weighted by atomic mass is 9.85. The van der Waals surface area contributed by atoms with Crippen molar-refractivity contribution in [3.8, 4) is 5.75 Å². The van der Waals surface area contributed by atoms with Gasteiger partial charge in [-0.1, -0.05) is 18.2 Å². The van der Waals surface area contributed by atoms with Crippen LogP contribution in [0.1, 0.15) is 0 Å². The number of halogens is 25. The van der Waals surface area contributed by atoms with Crippen molar-refractivity contribution >= 4 is 32.1 Å². The monoisotopic (exact) mass is 894 g/mol. The van der Waals surface area contributed by atoms with Crippen molar-refractivity contribution in [1.82, 2.24) is 0 Å². The predicted octanol–water partition coefficient (Wildman–Crippen LogP) is 10.2. The van der Waals surface area contributed by atoms with Crippen molar-refractivity contribution in [2.75, 3.05) is 0 Å². The van der Waals surface area contributed by atoms with Crippen LogP contribution in [-0.4, -0.2) is 79.1 Å². The van der Waals surface area contributed by atoms with Crippen LogP contribution in [0.15, 0.2) is 51.7 Å². The molecular formula is C25H7F25O5S. The number of hydrogen-bond acceptors (Lipinski definition) is 5. The molecular weight excluding hydrogens is 887 g/mol. The molecule has 3 aromatic rings. The third kappa shape index (κ3) is 5.61. The number of para-hydroxylation sites is 2. The van der Waals surface area contributed by atoms with E-state index in [0.29, 0.717) is 12.1 Å². The molecule has 0 N–H and O–H groups in total. The summed E-state index contributed by atoms with van der Waals surface area (Å²) in [6.07, 6.45) is -8.26. The molecule has 56 heavy (non-hydrogen) atoms. The molecule has 0 fully saturated rings. The minimum absolute atomic E-state index is 0.0550. The van der Waals surface area contributed by atoms with Crippen LogP contribution >= 0.6 is 0 Å². The number of hydrogen-bond donors (Lipinski definition) is 0. The maximum atomic E-state index is 14.6. The first-order valence-corrected chi connectivity index (χ1v) is 14.5. The van der Waals surface area contributed by atoms with Gasteiger partial charge in [-0.3, -0.25) is 4.79 Å². The van der Waals surface area contributed by atoms with Gasteiger partial charge in [0.1, 0.15) is 5.58 Å². The van der Waals surface area contributed by atoms with E-state index in [4.69, 9.17) is 4.42 Å². The van der Waals surface area contributed by atoms with E-state index < -0.39 is 114 Å². The Bertz CT molecular complexity index is 2170. The van der Waals surface area contributed by atoms with Crippen molar-refractivity contribution < 1.29 is 127 Å². The van der Waals surface area contributed by atoms with E-state index in [9.17, 15) is 123 Å². The lowest BCUT2D eigenvalue weighted by molar-refractivity contribution is -0.480. The zero-order chi connectivity index (χ0) is 44.3. The lowest BCUT2D eigenvalue weighted by Gasteiger charge is -2.45. The Labute approximate surface area is 288 Å². The second kappa shape index (κ2) is 12.5. The highest BCUT2D eigenvalue weighted by Gasteiger charge is 3.00. The average molecular weight is 894 g/mol. The van der Waals surface area contributed by atoms with Gasteiger partial charge in [0, 0.05) is 0 Å². The molecule has 5 nitrogen and oxygen atoms in total. The summed E-state index contributed by atoms with van der Waals surface area (Å²) in [6, 6.07) is 5.22.